The van der Waals surface area contributed by atoms with Crippen molar-refractivity contribution in [1.29, 1.82) is 0 Å². The molecule has 1 aromatic rings. The van der Waals surface area contributed by atoms with Crippen molar-refractivity contribution >= 4 is 5.91 Å². The second-order valence-corrected chi connectivity index (χ2v) is 6.82. The van der Waals surface area contributed by atoms with Crippen LogP contribution in [-0.4, -0.2) is 18.6 Å². The van der Waals surface area contributed by atoms with Gasteiger partial charge in [-0.3, -0.25) is 4.79 Å². The Hall–Kier alpha value is -2.53. The fraction of sp³-hybridized carbons (Fsp3) is 0.409. The van der Waals surface area contributed by atoms with E-state index in [1.165, 1.54) is 0 Å². The molecule has 1 aliphatic heterocycles. The van der Waals surface area contributed by atoms with E-state index in [1.807, 2.05) is 19.1 Å². The number of nitrogens with one attached hydrogen (secondary N) is 1. The lowest BCUT2D eigenvalue weighted by Gasteiger charge is -2.28. The molecule has 0 aliphatic carbocycles. The quantitative estimate of drug-likeness (QED) is 0.694. The molecule has 1 amide bonds. The summed E-state index contributed by atoms with van der Waals surface area (Å²) in [4.78, 5) is 11.6. The fourth-order valence-corrected chi connectivity index (χ4v) is 3.14. The zero-order valence-corrected chi connectivity index (χ0v) is 16.2. The van der Waals surface area contributed by atoms with Crippen molar-refractivity contribution in [1.82, 2.24) is 5.32 Å². The summed E-state index contributed by atoms with van der Waals surface area (Å²) in [5, 5.41) is 3.40. The van der Waals surface area contributed by atoms with Gasteiger partial charge in [-0.05, 0) is 30.5 Å². The number of nitrogens with two attached hydrogens (primary N) is 1. The molecule has 146 valence electrons. The van der Waals surface area contributed by atoms with Crippen LogP contribution in [0.2, 0.25) is 0 Å². The minimum absolute atomic E-state index is 0.0376. The molecule has 1 saturated heterocycles. The first-order chi connectivity index (χ1) is 13.0. The number of rotatable bonds is 9. The molecular weight excluding hydrogens is 340 g/mol. The Morgan fingerprint density at radius 1 is 1.41 bits per heavy atom. The van der Waals surface area contributed by atoms with E-state index in [1.54, 1.807) is 12.2 Å². The maximum Gasteiger partial charge on any atom is 0.222 e. The highest BCUT2D eigenvalue weighted by molar-refractivity contribution is 5.77. The van der Waals surface area contributed by atoms with Gasteiger partial charge in [-0.2, -0.15) is 0 Å². The Morgan fingerprint density at radius 3 is 2.67 bits per heavy atom. The lowest BCUT2D eigenvalue weighted by molar-refractivity contribution is -0.122. The first kappa shape index (κ1) is 20.8. The van der Waals surface area contributed by atoms with Crippen LogP contribution in [0.1, 0.15) is 43.9 Å². The summed E-state index contributed by atoms with van der Waals surface area (Å²) in [7, 11) is 0. The van der Waals surface area contributed by atoms with E-state index in [0.717, 1.165) is 24.0 Å². The fourth-order valence-electron chi connectivity index (χ4n) is 3.14. The molecule has 1 heterocycles. The molecule has 0 saturated carbocycles. The summed E-state index contributed by atoms with van der Waals surface area (Å²) < 4.78 is 11.5. The van der Waals surface area contributed by atoms with E-state index in [9.17, 15) is 4.79 Å². The summed E-state index contributed by atoms with van der Waals surface area (Å²) >= 11 is 0. The molecule has 0 unspecified atom stereocenters. The highest BCUT2D eigenvalue weighted by Gasteiger charge is 2.24. The Balaban J connectivity index is 1.92. The number of allylic oxidation sites excluding steroid dienone is 2. The monoisotopic (exact) mass is 370 g/mol. The molecule has 5 nitrogen and oxygen atoms in total. The maximum atomic E-state index is 11.6. The Morgan fingerprint density at radius 2 is 2.11 bits per heavy atom. The van der Waals surface area contributed by atoms with Crippen molar-refractivity contribution in [2.75, 3.05) is 6.61 Å². The van der Waals surface area contributed by atoms with E-state index in [0.29, 0.717) is 24.7 Å². The van der Waals surface area contributed by atoms with E-state index in [-0.39, 0.29) is 24.0 Å². The number of ether oxygens (including phenoxy) is 2. The van der Waals surface area contributed by atoms with Crippen LogP contribution in [0, 0.1) is 5.92 Å². The van der Waals surface area contributed by atoms with E-state index >= 15 is 0 Å². The normalized spacial score (nSPS) is 20.4. The number of primary amides is 1. The topological polar surface area (TPSA) is 73.6 Å². The molecule has 3 atom stereocenters. The van der Waals surface area contributed by atoms with Gasteiger partial charge in [0.25, 0.3) is 0 Å². The van der Waals surface area contributed by atoms with E-state index in [4.69, 9.17) is 15.2 Å². The number of amides is 1. The second kappa shape index (κ2) is 9.97. The number of carbonyl (C=O) groups is 1. The molecule has 0 radical (unpaired) electrons. The van der Waals surface area contributed by atoms with Gasteiger partial charge in [0.2, 0.25) is 5.91 Å². The van der Waals surface area contributed by atoms with Crippen LogP contribution in [-0.2, 0) is 20.8 Å². The number of carbonyl (C=O) groups excluding carboxylic acids is 1. The largest absolute Gasteiger partial charge is 0.485 e. The van der Waals surface area contributed by atoms with Crippen molar-refractivity contribution < 1.29 is 14.3 Å². The van der Waals surface area contributed by atoms with Gasteiger partial charge in [0.05, 0.1) is 5.92 Å². The van der Waals surface area contributed by atoms with Crippen LogP contribution in [0.25, 0.3) is 0 Å². The Kier molecular flexibility index (Phi) is 7.67. The van der Waals surface area contributed by atoms with Crippen molar-refractivity contribution in [3.8, 4) is 0 Å². The maximum absolute atomic E-state index is 11.6. The predicted molar refractivity (Wildman–Crippen MR) is 108 cm³/mol. The SMILES string of the molecule is C=C/C=C1/OC[C@H](c2ccc(CN[C@H](C)[C@H](CCC)C(N)=O)cc2)OC1=C. The van der Waals surface area contributed by atoms with Gasteiger partial charge in [0.1, 0.15) is 6.61 Å². The zero-order valence-electron chi connectivity index (χ0n) is 16.2. The first-order valence-electron chi connectivity index (χ1n) is 9.39. The second-order valence-electron chi connectivity index (χ2n) is 6.82. The molecule has 0 bridgehead atoms. The minimum Gasteiger partial charge on any atom is -0.485 e. The summed E-state index contributed by atoms with van der Waals surface area (Å²) in [6.07, 6.45) is 4.95. The molecule has 1 aromatic carbocycles. The van der Waals surface area contributed by atoms with Crippen molar-refractivity contribution in [2.45, 2.75) is 45.4 Å². The van der Waals surface area contributed by atoms with E-state index in [2.05, 4.69) is 37.5 Å². The Labute approximate surface area is 161 Å². The van der Waals surface area contributed by atoms with Gasteiger partial charge in [0.15, 0.2) is 17.6 Å². The van der Waals surface area contributed by atoms with Gasteiger partial charge in [-0.1, -0.05) is 56.8 Å². The molecule has 27 heavy (non-hydrogen) atoms. The lowest BCUT2D eigenvalue weighted by atomic mass is 9.95. The first-order valence-corrected chi connectivity index (χ1v) is 9.39. The van der Waals surface area contributed by atoms with Crippen LogP contribution in [0.5, 0.6) is 0 Å². The summed E-state index contributed by atoms with van der Waals surface area (Å²) in [5.74, 6) is 0.740. The molecule has 1 aliphatic rings. The predicted octanol–water partition coefficient (Wildman–Crippen LogP) is 3.74. The van der Waals surface area contributed by atoms with Crippen LogP contribution < -0.4 is 11.1 Å². The van der Waals surface area contributed by atoms with Gasteiger partial charge in [-0.25, -0.2) is 0 Å². The Bertz CT molecular complexity index is 694. The summed E-state index contributed by atoms with van der Waals surface area (Å²) in [6, 6.07) is 8.20. The average Bonchev–Trinajstić information content (AvgIpc) is 2.66. The molecule has 3 N–H and O–H groups in total. The van der Waals surface area contributed by atoms with Crippen LogP contribution in [0.15, 0.2) is 61.1 Å². The standard InChI is InChI=1S/C22H30N2O3/c1-5-7-19(22(23)25)15(3)24-13-17-9-11-18(12-10-17)21-14-26-20(8-6-2)16(4)27-21/h6,8-12,15,19,21,24H,2,4-5,7,13-14H2,1,3H3,(H2,23,25)/b20-8+/t15-,19+,21-/m1/s1. The zero-order chi connectivity index (χ0) is 19.8. The van der Waals surface area contributed by atoms with E-state index < -0.39 is 0 Å². The van der Waals surface area contributed by atoms with Gasteiger partial charge in [0, 0.05) is 12.6 Å². The molecule has 0 spiro atoms. The van der Waals surface area contributed by atoms with Crippen molar-refractivity contribution in [2.24, 2.45) is 11.7 Å². The molecule has 5 heteroatoms. The summed E-state index contributed by atoms with van der Waals surface area (Å²) in [5.41, 5.74) is 7.68. The van der Waals surface area contributed by atoms with Gasteiger partial charge in [-0.15, -0.1) is 0 Å². The lowest BCUT2D eigenvalue weighted by Crippen LogP contribution is -2.40. The number of benzene rings is 1. The summed E-state index contributed by atoms with van der Waals surface area (Å²) in [6.45, 7) is 12.7. The smallest absolute Gasteiger partial charge is 0.222 e. The minimum atomic E-state index is -0.244. The van der Waals surface area contributed by atoms with Gasteiger partial charge >= 0.3 is 0 Å². The van der Waals surface area contributed by atoms with Crippen LogP contribution in [0.4, 0.5) is 0 Å². The van der Waals surface area contributed by atoms with Crippen molar-refractivity contribution in [3.05, 3.63) is 72.2 Å². The third-order valence-electron chi connectivity index (χ3n) is 4.77. The molecule has 0 aromatic heterocycles. The number of hydrogen-bond donors (Lipinski definition) is 2. The highest BCUT2D eigenvalue weighted by Crippen LogP contribution is 2.30. The third-order valence-corrected chi connectivity index (χ3v) is 4.77. The molecular formula is C22H30N2O3. The third kappa shape index (κ3) is 5.73. The van der Waals surface area contributed by atoms with Crippen LogP contribution in [0.3, 0.4) is 0 Å². The highest BCUT2D eigenvalue weighted by atomic mass is 16.6. The van der Waals surface area contributed by atoms with Crippen LogP contribution >= 0.6 is 0 Å². The van der Waals surface area contributed by atoms with Crippen molar-refractivity contribution in [3.63, 3.8) is 0 Å². The molecule has 2 rings (SSSR count). The van der Waals surface area contributed by atoms with Gasteiger partial charge < -0.3 is 20.5 Å². The molecule has 1 fully saturated rings. The number of hydrogen-bond acceptors (Lipinski definition) is 4. The average molecular weight is 370 g/mol.